The van der Waals surface area contributed by atoms with E-state index < -0.39 is 0 Å². The van der Waals surface area contributed by atoms with Crippen LogP contribution in [0.15, 0.2) is 54.6 Å². The molecule has 2 rings (SSSR count). The lowest BCUT2D eigenvalue weighted by Gasteiger charge is -2.22. The maximum absolute atomic E-state index is 12.4. The highest BCUT2D eigenvalue weighted by Crippen LogP contribution is 2.11. The Bertz CT molecular complexity index is 665. The van der Waals surface area contributed by atoms with Crippen LogP contribution in [0.2, 0.25) is 0 Å². The van der Waals surface area contributed by atoms with E-state index >= 15 is 0 Å². The summed E-state index contributed by atoms with van der Waals surface area (Å²) < 4.78 is 0. The van der Waals surface area contributed by atoms with Crippen LogP contribution in [0.5, 0.6) is 0 Å². The summed E-state index contributed by atoms with van der Waals surface area (Å²) in [5, 5.41) is 9.18. The van der Waals surface area contributed by atoms with E-state index in [9.17, 15) is 14.7 Å². The number of amides is 1. The number of aryl methyl sites for hydroxylation is 1. The minimum atomic E-state index is -0.117. The van der Waals surface area contributed by atoms with Crippen molar-refractivity contribution < 1.29 is 14.7 Å². The summed E-state index contributed by atoms with van der Waals surface area (Å²) in [7, 11) is 0. The largest absolute Gasteiger partial charge is 0.395 e. The number of aliphatic hydroxyl groups is 1. The van der Waals surface area contributed by atoms with Crippen LogP contribution in [-0.4, -0.2) is 34.8 Å². The number of aliphatic hydroxyl groups excluding tert-OH is 1. The van der Waals surface area contributed by atoms with E-state index in [1.165, 1.54) is 0 Å². The molecule has 0 aliphatic carbocycles. The molecule has 2 aromatic rings. The van der Waals surface area contributed by atoms with Gasteiger partial charge in [-0.15, -0.1) is 0 Å². The molecule has 0 radical (unpaired) electrons. The molecule has 24 heavy (non-hydrogen) atoms. The Morgan fingerprint density at radius 3 is 2.25 bits per heavy atom. The Morgan fingerprint density at radius 1 is 0.958 bits per heavy atom. The third-order valence-corrected chi connectivity index (χ3v) is 3.88. The molecule has 0 spiro atoms. The summed E-state index contributed by atoms with van der Waals surface area (Å²) in [6.45, 7) is 2.59. The molecule has 2 aromatic carbocycles. The van der Waals surface area contributed by atoms with Gasteiger partial charge in [0.1, 0.15) is 0 Å². The highest BCUT2D eigenvalue weighted by Gasteiger charge is 2.16. The maximum atomic E-state index is 12.4. The molecular weight excluding hydrogens is 302 g/mol. The van der Waals surface area contributed by atoms with Crippen LogP contribution in [0.25, 0.3) is 0 Å². The zero-order chi connectivity index (χ0) is 17.4. The van der Waals surface area contributed by atoms with Gasteiger partial charge in [-0.2, -0.15) is 0 Å². The first-order chi connectivity index (χ1) is 11.6. The van der Waals surface area contributed by atoms with Gasteiger partial charge in [-0.25, -0.2) is 0 Å². The maximum Gasteiger partial charge on any atom is 0.223 e. The van der Waals surface area contributed by atoms with Crippen molar-refractivity contribution in [2.45, 2.75) is 26.3 Å². The Balaban J connectivity index is 1.92. The Labute approximate surface area is 142 Å². The molecular formula is C20H23NO3. The first-order valence-corrected chi connectivity index (χ1v) is 8.12. The Kier molecular flexibility index (Phi) is 6.70. The second-order valence-electron chi connectivity index (χ2n) is 5.81. The van der Waals surface area contributed by atoms with Crippen LogP contribution < -0.4 is 0 Å². The van der Waals surface area contributed by atoms with E-state index in [1.807, 2.05) is 49.4 Å². The molecule has 0 bridgehead atoms. The summed E-state index contributed by atoms with van der Waals surface area (Å²) in [5.41, 5.74) is 2.73. The van der Waals surface area contributed by atoms with E-state index in [2.05, 4.69) is 0 Å². The van der Waals surface area contributed by atoms with Gasteiger partial charge in [0.25, 0.3) is 0 Å². The number of rotatable bonds is 8. The molecule has 0 saturated heterocycles. The summed E-state index contributed by atoms with van der Waals surface area (Å²) >= 11 is 0. The van der Waals surface area contributed by atoms with Gasteiger partial charge >= 0.3 is 0 Å². The van der Waals surface area contributed by atoms with Gasteiger partial charge in [-0.05, 0) is 12.5 Å². The molecule has 0 heterocycles. The lowest BCUT2D eigenvalue weighted by atomic mass is 10.0. The third-order valence-electron chi connectivity index (χ3n) is 3.88. The number of hydrogen-bond acceptors (Lipinski definition) is 3. The number of benzene rings is 2. The molecule has 0 saturated carbocycles. The number of carbonyl (C=O) groups is 2. The van der Waals surface area contributed by atoms with Gasteiger partial charge in [0.15, 0.2) is 5.78 Å². The standard InChI is InChI=1S/C20H23NO3/c1-16-7-9-18(10-8-16)19(23)11-12-20(24)21(13-14-22)15-17-5-3-2-4-6-17/h2-10,22H,11-15H2,1H3. The number of ketones is 1. The lowest BCUT2D eigenvalue weighted by Crippen LogP contribution is -2.33. The van der Waals surface area contributed by atoms with Crippen LogP contribution in [0, 0.1) is 6.92 Å². The van der Waals surface area contributed by atoms with E-state index in [0.717, 1.165) is 11.1 Å². The van der Waals surface area contributed by atoms with E-state index in [4.69, 9.17) is 0 Å². The van der Waals surface area contributed by atoms with E-state index in [-0.39, 0.29) is 37.7 Å². The predicted molar refractivity (Wildman–Crippen MR) is 93.7 cm³/mol. The summed E-state index contributed by atoms with van der Waals surface area (Å²) in [4.78, 5) is 26.2. The number of carbonyl (C=O) groups excluding carboxylic acids is 2. The smallest absolute Gasteiger partial charge is 0.223 e. The fourth-order valence-corrected chi connectivity index (χ4v) is 2.48. The molecule has 1 amide bonds. The van der Waals surface area contributed by atoms with Gasteiger partial charge in [0.05, 0.1) is 6.61 Å². The third kappa shape index (κ3) is 5.32. The van der Waals surface area contributed by atoms with Crippen molar-refractivity contribution in [3.63, 3.8) is 0 Å². The molecule has 4 heteroatoms. The zero-order valence-electron chi connectivity index (χ0n) is 13.9. The first-order valence-electron chi connectivity index (χ1n) is 8.12. The minimum Gasteiger partial charge on any atom is -0.395 e. The van der Waals surface area contributed by atoms with Crippen LogP contribution in [0.1, 0.15) is 34.3 Å². The zero-order valence-corrected chi connectivity index (χ0v) is 13.9. The molecule has 1 N–H and O–H groups in total. The van der Waals surface area contributed by atoms with Crippen molar-refractivity contribution in [1.29, 1.82) is 0 Å². The fraction of sp³-hybridized carbons (Fsp3) is 0.300. The number of Topliss-reactive ketones (excluding diaryl/α,β-unsaturated/α-hetero) is 1. The van der Waals surface area contributed by atoms with Gasteiger partial charge < -0.3 is 10.0 Å². The van der Waals surface area contributed by atoms with E-state index in [0.29, 0.717) is 12.1 Å². The molecule has 0 aliphatic rings. The van der Waals surface area contributed by atoms with E-state index in [1.54, 1.807) is 17.0 Å². The fourth-order valence-electron chi connectivity index (χ4n) is 2.48. The molecule has 0 fully saturated rings. The quantitative estimate of drug-likeness (QED) is 0.759. The molecule has 0 unspecified atom stereocenters. The van der Waals surface area contributed by atoms with Crippen LogP contribution in [0.3, 0.4) is 0 Å². The van der Waals surface area contributed by atoms with Crippen molar-refractivity contribution in [2.24, 2.45) is 0 Å². The van der Waals surface area contributed by atoms with Crippen LogP contribution in [0.4, 0.5) is 0 Å². The van der Waals surface area contributed by atoms with Crippen molar-refractivity contribution in [2.75, 3.05) is 13.2 Å². The van der Waals surface area contributed by atoms with Crippen molar-refractivity contribution in [1.82, 2.24) is 4.90 Å². The van der Waals surface area contributed by atoms with Crippen LogP contribution >= 0.6 is 0 Å². The average Bonchev–Trinajstić information content (AvgIpc) is 2.60. The van der Waals surface area contributed by atoms with Gasteiger partial charge in [0.2, 0.25) is 5.91 Å². The van der Waals surface area contributed by atoms with Gasteiger partial charge in [-0.1, -0.05) is 60.2 Å². The number of nitrogens with zero attached hydrogens (tertiary/aromatic N) is 1. The highest BCUT2D eigenvalue weighted by molar-refractivity contribution is 5.97. The van der Waals surface area contributed by atoms with Gasteiger partial charge in [0, 0.05) is 31.5 Å². The Hall–Kier alpha value is -2.46. The normalized spacial score (nSPS) is 10.4. The molecule has 4 nitrogen and oxygen atoms in total. The Morgan fingerprint density at radius 2 is 1.62 bits per heavy atom. The predicted octanol–water partition coefficient (Wildman–Crippen LogP) is 2.98. The second-order valence-corrected chi connectivity index (χ2v) is 5.81. The van der Waals surface area contributed by atoms with Crippen molar-refractivity contribution >= 4 is 11.7 Å². The summed E-state index contributed by atoms with van der Waals surface area (Å²) in [6, 6.07) is 17.0. The molecule has 126 valence electrons. The van der Waals surface area contributed by atoms with Crippen molar-refractivity contribution in [3.05, 3.63) is 71.3 Å². The van der Waals surface area contributed by atoms with Crippen molar-refractivity contribution in [3.8, 4) is 0 Å². The number of hydrogen-bond donors (Lipinski definition) is 1. The second kappa shape index (κ2) is 8.99. The highest BCUT2D eigenvalue weighted by atomic mass is 16.3. The summed E-state index contributed by atoms with van der Waals surface area (Å²) in [6.07, 6.45) is 0.332. The molecule has 0 aliphatic heterocycles. The van der Waals surface area contributed by atoms with Crippen LogP contribution in [-0.2, 0) is 11.3 Å². The minimum absolute atomic E-state index is 0.0352. The monoisotopic (exact) mass is 325 g/mol. The summed E-state index contributed by atoms with van der Waals surface area (Å²) in [5.74, 6) is -0.152. The average molecular weight is 325 g/mol. The molecule has 0 atom stereocenters. The molecule has 0 aromatic heterocycles. The topological polar surface area (TPSA) is 57.6 Å². The van der Waals surface area contributed by atoms with Gasteiger partial charge in [-0.3, -0.25) is 9.59 Å². The SMILES string of the molecule is Cc1ccc(C(=O)CCC(=O)N(CCO)Cc2ccccc2)cc1. The first kappa shape index (κ1) is 17.9. The lowest BCUT2D eigenvalue weighted by molar-refractivity contribution is -0.132.